The Balaban J connectivity index is 2.14. The molecule has 0 amide bonds. The van der Waals surface area contributed by atoms with Gasteiger partial charge in [0.05, 0.1) is 11.4 Å². The van der Waals surface area contributed by atoms with Crippen molar-refractivity contribution in [3.63, 3.8) is 0 Å². The first kappa shape index (κ1) is 13.6. The average Bonchev–Trinajstić information content (AvgIpc) is 2.84. The average molecular weight is 284 g/mol. The van der Waals surface area contributed by atoms with E-state index in [-0.39, 0.29) is 11.4 Å². The Morgan fingerprint density at radius 1 is 1.42 bits per heavy atom. The van der Waals surface area contributed by atoms with Crippen molar-refractivity contribution in [2.24, 2.45) is 0 Å². The number of hydrogen-bond donors (Lipinski definition) is 1. The van der Waals surface area contributed by atoms with Gasteiger partial charge in [0.2, 0.25) is 10.0 Å². The fraction of sp³-hybridized carbons (Fsp3) is 0.273. The predicted octanol–water partition coefficient (Wildman–Crippen LogP) is 0.916. The van der Waals surface area contributed by atoms with E-state index >= 15 is 0 Å². The molecule has 0 radical (unpaired) electrons. The van der Waals surface area contributed by atoms with Crippen LogP contribution in [0.4, 0.5) is 4.39 Å². The van der Waals surface area contributed by atoms with Gasteiger partial charge in [0.1, 0.15) is 18.0 Å². The molecule has 102 valence electrons. The highest BCUT2D eigenvalue weighted by Gasteiger charge is 2.15. The number of sulfonamides is 1. The summed E-state index contributed by atoms with van der Waals surface area (Å²) in [6.07, 6.45) is 1.52. The minimum absolute atomic E-state index is 0.00663. The second kappa shape index (κ2) is 5.45. The minimum atomic E-state index is -3.75. The molecular weight excluding hydrogens is 271 g/mol. The highest BCUT2D eigenvalue weighted by molar-refractivity contribution is 7.89. The molecule has 1 heterocycles. The van der Waals surface area contributed by atoms with Crippen molar-refractivity contribution in [2.75, 3.05) is 0 Å². The maximum absolute atomic E-state index is 13.0. The summed E-state index contributed by atoms with van der Waals surface area (Å²) in [7, 11) is -3.75. The molecule has 0 spiro atoms. The summed E-state index contributed by atoms with van der Waals surface area (Å²) in [5.41, 5.74) is 0. The summed E-state index contributed by atoms with van der Waals surface area (Å²) >= 11 is 0. The van der Waals surface area contributed by atoms with E-state index in [1.54, 1.807) is 4.57 Å². The number of nitrogens with zero attached hydrogens (tertiary/aromatic N) is 3. The third kappa shape index (κ3) is 3.15. The maximum Gasteiger partial charge on any atom is 0.241 e. The Morgan fingerprint density at radius 3 is 2.89 bits per heavy atom. The van der Waals surface area contributed by atoms with Crippen LogP contribution in [-0.4, -0.2) is 23.2 Å². The Hall–Kier alpha value is -1.80. The van der Waals surface area contributed by atoms with Gasteiger partial charge in [-0.25, -0.2) is 17.5 Å². The van der Waals surface area contributed by atoms with Gasteiger partial charge in [-0.15, -0.1) is 10.2 Å². The molecule has 0 aliphatic rings. The zero-order chi connectivity index (χ0) is 13.9. The van der Waals surface area contributed by atoms with Crippen molar-refractivity contribution in [1.82, 2.24) is 19.5 Å². The van der Waals surface area contributed by atoms with Gasteiger partial charge in [-0.05, 0) is 25.1 Å². The molecule has 2 aromatic rings. The van der Waals surface area contributed by atoms with Crippen LogP contribution in [0.2, 0.25) is 0 Å². The van der Waals surface area contributed by atoms with Crippen LogP contribution < -0.4 is 4.72 Å². The molecular formula is C11H13FN4O2S. The maximum atomic E-state index is 13.0. The van der Waals surface area contributed by atoms with Crippen LogP contribution >= 0.6 is 0 Å². The van der Waals surface area contributed by atoms with Crippen LogP contribution in [0.3, 0.4) is 0 Å². The first-order valence-electron chi connectivity index (χ1n) is 5.65. The van der Waals surface area contributed by atoms with Crippen molar-refractivity contribution < 1.29 is 12.8 Å². The molecule has 19 heavy (non-hydrogen) atoms. The third-order valence-electron chi connectivity index (χ3n) is 2.56. The minimum Gasteiger partial charge on any atom is -0.317 e. The SMILES string of the molecule is CCn1cnnc1CNS(=O)(=O)c1cccc(F)c1. The third-order valence-corrected chi connectivity index (χ3v) is 3.96. The van der Waals surface area contributed by atoms with E-state index in [0.717, 1.165) is 6.07 Å². The number of benzene rings is 1. The fourth-order valence-electron chi connectivity index (χ4n) is 1.56. The van der Waals surface area contributed by atoms with Gasteiger partial charge in [-0.1, -0.05) is 6.07 Å². The Bertz CT molecular complexity index is 669. The van der Waals surface area contributed by atoms with Crippen LogP contribution in [0.25, 0.3) is 0 Å². The molecule has 0 atom stereocenters. The zero-order valence-corrected chi connectivity index (χ0v) is 11.1. The smallest absolute Gasteiger partial charge is 0.241 e. The van der Waals surface area contributed by atoms with E-state index in [1.165, 1.54) is 24.5 Å². The van der Waals surface area contributed by atoms with Crippen molar-refractivity contribution >= 4 is 10.0 Å². The van der Waals surface area contributed by atoms with E-state index in [0.29, 0.717) is 12.4 Å². The number of rotatable bonds is 5. The second-order valence-corrected chi connectivity index (χ2v) is 5.58. The van der Waals surface area contributed by atoms with Crippen molar-refractivity contribution in [3.8, 4) is 0 Å². The largest absolute Gasteiger partial charge is 0.317 e. The van der Waals surface area contributed by atoms with Gasteiger partial charge >= 0.3 is 0 Å². The van der Waals surface area contributed by atoms with E-state index in [2.05, 4.69) is 14.9 Å². The lowest BCUT2D eigenvalue weighted by Gasteiger charge is -2.07. The molecule has 0 unspecified atom stereocenters. The van der Waals surface area contributed by atoms with Crippen LogP contribution in [0.1, 0.15) is 12.7 Å². The monoisotopic (exact) mass is 284 g/mol. The van der Waals surface area contributed by atoms with Crippen LogP contribution in [0.15, 0.2) is 35.5 Å². The molecule has 2 rings (SSSR count). The molecule has 0 bridgehead atoms. The van der Waals surface area contributed by atoms with Crippen LogP contribution in [-0.2, 0) is 23.1 Å². The summed E-state index contributed by atoms with van der Waals surface area (Å²) in [4.78, 5) is -0.116. The van der Waals surface area contributed by atoms with Crippen LogP contribution in [0, 0.1) is 5.82 Å². The van der Waals surface area contributed by atoms with E-state index in [9.17, 15) is 12.8 Å². The van der Waals surface area contributed by atoms with Gasteiger partial charge in [-0.3, -0.25) is 0 Å². The van der Waals surface area contributed by atoms with Crippen molar-refractivity contribution in [1.29, 1.82) is 0 Å². The summed E-state index contributed by atoms with van der Waals surface area (Å²) in [6.45, 7) is 2.55. The van der Waals surface area contributed by atoms with Gasteiger partial charge in [0.15, 0.2) is 0 Å². The van der Waals surface area contributed by atoms with Gasteiger partial charge < -0.3 is 4.57 Å². The Morgan fingerprint density at radius 2 is 2.21 bits per heavy atom. The first-order chi connectivity index (χ1) is 9.03. The molecule has 0 aliphatic carbocycles. The highest BCUT2D eigenvalue weighted by atomic mass is 32.2. The van der Waals surface area contributed by atoms with Crippen LogP contribution in [0.5, 0.6) is 0 Å². The number of aromatic nitrogens is 3. The highest BCUT2D eigenvalue weighted by Crippen LogP contribution is 2.10. The van der Waals surface area contributed by atoms with Gasteiger partial charge in [0, 0.05) is 6.54 Å². The lowest BCUT2D eigenvalue weighted by Crippen LogP contribution is -2.25. The Kier molecular flexibility index (Phi) is 3.91. The molecule has 0 aliphatic heterocycles. The quantitative estimate of drug-likeness (QED) is 0.885. The molecule has 8 heteroatoms. The topological polar surface area (TPSA) is 76.9 Å². The van der Waals surface area contributed by atoms with Crippen molar-refractivity contribution in [3.05, 3.63) is 42.2 Å². The normalized spacial score (nSPS) is 11.7. The molecule has 6 nitrogen and oxygen atoms in total. The molecule has 0 fully saturated rings. The zero-order valence-electron chi connectivity index (χ0n) is 10.2. The second-order valence-electron chi connectivity index (χ2n) is 3.82. The van der Waals surface area contributed by atoms with Crippen molar-refractivity contribution in [2.45, 2.75) is 24.9 Å². The lowest BCUT2D eigenvalue weighted by molar-refractivity contribution is 0.572. The molecule has 1 aromatic heterocycles. The van der Waals surface area contributed by atoms with E-state index in [1.807, 2.05) is 6.92 Å². The van der Waals surface area contributed by atoms with Gasteiger partial charge in [-0.2, -0.15) is 0 Å². The van der Waals surface area contributed by atoms with E-state index in [4.69, 9.17) is 0 Å². The molecule has 0 saturated heterocycles. The Labute approximate surface area is 110 Å². The number of aryl methyl sites for hydroxylation is 1. The molecule has 1 N–H and O–H groups in total. The lowest BCUT2D eigenvalue weighted by atomic mass is 10.4. The molecule has 1 aromatic carbocycles. The first-order valence-corrected chi connectivity index (χ1v) is 7.13. The number of hydrogen-bond acceptors (Lipinski definition) is 4. The summed E-state index contributed by atoms with van der Waals surface area (Å²) in [5, 5.41) is 7.51. The number of halogens is 1. The fourth-order valence-corrected chi connectivity index (χ4v) is 2.57. The standard InChI is InChI=1S/C11H13FN4O2S/c1-2-16-8-13-15-11(16)7-14-19(17,18)10-5-3-4-9(12)6-10/h3-6,8,14H,2,7H2,1H3. The molecule has 0 saturated carbocycles. The number of nitrogens with one attached hydrogen (secondary N) is 1. The summed E-state index contributed by atoms with van der Waals surface area (Å²) < 4.78 is 41.0. The van der Waals surface area contributed by atoms with E-state index < -0.39 is 15.8 Å². The summed E-state index contributed by atoms with van der Waals surface area (Å²) in [5.74, 6) is -0.0953. The van der Waals surface area contributed by atoms with Gasteiger partial charge in [0.25, 0.3) is 0 Å². The summed E-state index contributed by atoms with van der Waals surface area (Å²) in [6, 6.07) is 4.83. The predicted molar refractivity (Wildman–Crippen MR) is 66.1 cm³/mol.